The van der Waals surface area contributed by atoms with Crippen molar-refractivity contribution in [3.63, 3.8) is 0 Å². The predicted molar refractivity (Wildman–Crippen MR) is 87.4 cm³/mol. The fraction of sp³-hybridized carbons (Fsp3) is 0.368. The fourth-order valence-electron chi connectivity index (χ4n) is 4.11. The molecule has 1 N–H and O–H groups in total. The molecule has 2 aromatic carbocycles. The van der Waals surface area contributed by atoms with Gasteiger partial charge in [-0.25, -0.2) is 0 Å². The molecular formula is C19H22N2. The Morgan fingerprint density at radius 3 is 1.81 bits per heavy atom. The highest BCUT2D eigenvalue weighted by Crippen LogP contribution is 2.47. The van der Waals surface area contributed by atoms with Crippen LogP contribution in [0.15, 0.2) is 48.5 Å². The summed E-state index contributed by atoms with van der Waals surface area (Å²) < 4.78 is 0. The number of hydrogen-bond acceptors (Lipinski definition) is 2. The molecule has 2 heteroatoms. The third kappa shape index (κ3) is 1.94. The Balaban J connectivity index is 1.88. The standard InChI is InChI=1S/C19H22N2/c1-13-11-20-12-14(2)21(13)19-17-9-5-3-7-15(17)16-8-4-6-10-18(16)19/h3-10,13-14,19-20H,11-12H2,1-2H3. The number of rotatable bonds is 1. The van der Waals surface area contributed by atoms with E-state index in [1.165, 1.54) is 22.3 Å². The van der Waals surface area contributed by atoms with Crippen LogP contribution in [-0.2, 0) is 0 Å². The van der Waals surface area contributed by atoms with E-state index in [1.54, 1.807) is 0 Å². The molecule has 1 aliphatic carbocycles. The predicted octanol–water partition coefficient (Wildman–Crippen LogP) is 3.44. The lowest BCUT2D eigenvalue weighted by atomic mass is 9.98. The van der Waals surface area contributed by atoms with Crippen molar-refractivity contribution < 1.29 is 0 Å². The smallest absolute Gasteiger partial charge is 0.0619 e. The first-order chi connectivity index (χ1) is 10.3. The maximum Gasteiger partial charge on any atom is 0.0619 e. The highest BCUT2D eigenvalue weighted by Gasteiger charge is 2.38. The van der Waals surface area contributed by atoms with E-state index in [1.807, 2.05) is 0 Å². The molecule has 0 saturated carbocycles. The molecule has 1 fully saturated rings. The van der Waals surface area contributed by atoms with Gasteiger partial charge >= 0.3 is 0 Å². The molecule has 1 saturated heterocycles. The number of fused-ring (bicyclic) bond motifs is 3. The van der Waals surface area contributed by atoms with Crippen LogP contribution >= 0.6 is 0 Å². The minimum absolute atomic E-state index is 0.407. The Kier molecular flexibility index (Phi) is 3.09. The van der Waals surface area contributed by atoms with Crippen LogP contribution < -0.4 is 5.32 Å². The second kappa shape index (κ2) is 4.97. The summed E-state index contributed by atoms with van der Waals surface area (Å²) in [7, 11) is 0. The Labute approximate surface area is 126 Å². The van der Waals surface area contributed by atoms with E-state index in [4.69, 9.17) is 0 Å². The van der Waals surface area contributed by atoms with Gasteiger partial charge in [-0.2, -0.15) is 0 Å². The third-order valence-electron chi connectivity index (χ3n) is 5.00. The lowest BCUT2D eigenvalue weighted by Gasteiger charge is -2.44. The summed E-state index contributed by atoms with van der Waals surface area (Å²) in [6.07, 6.45) is 0. The Morgan fingerprint density at radius 2 is 1.29 bits per heavy atom. The maximum absolute atomic E-state index is 3.54. The van der Waals surface area contributed by atoms with Gasteiger partial charge < -0.3 is 5.32 Å². The first kappa shape index (κ1) is 13.1. The van der Waals surface area contributed by atoms with E-state index in [2.05, 4.69) is 72.6 Å². The van der Waals surface area contributed by atoms with Gasteiger partial charge in [0, 0.05) is 25.2 Å². The molecule has 0 radical (unpaired) electrons. The molecule has 0 spiro atoms. The normalized spacial score (nSPS) is 25.6. The molecule has 1 heterocycles. The average Bonchev–Trinajstić information content (AvgIpc) is 2.83. The lowest BCUT2D eigenvalue weighted by Crippen LogP contribution is -2.56. The van der Waals surface area contributed by atoms with Crippen molar-refractivity contribution in [3.05, 3.63) is 59.7 Å². The third-order valence-corrected chi connectivity index (χ3v) is 5.00. The molecule has 0 bridgehead atoms. The van der Waals surface area contributed by atoms with Crippen LogP contribution in [0.2, 0.25) is 0 Å². The molecule has 1 aliphatic heterocycles. The highest BCUT2D eigenvalue weighted by molar-refractivity contribution is 5.78. The summed E-state index contributed by atoms with van der Waals surface area (Å²) >= 11 is 0. The van der Waals surface area contributed by atoms with Crippen LogP contribution in [-0.4, -0.2) is 30.1 Å². The van der Waals surface area contributed by atoms with Crippen molar-refractivity contribution in [2.75, 3.05) is 13.1 Å². The zero-order valence-corrected chi connectivity index (χ0v) is 12.7. The van der Waals surface area contributed by atoms with Gasteiger partial charge in [0.1, 0.15) is 0 Å². The summed E-state index contributed by atoms with van der Waals surface area (Å²) in [6, 6.07) is 19.3. The second-order valence-electron chi connectivity index (χ2n) is 6.38. The van der Waals surface area contributed by atoms with E-state index >= 15 is 0 Å². The van der Waals surface area contributed by atoms with Crippen molar-refractivity contribution in [2.45, 2.75) is 32.0 Å². The maximum atomic E-state index is 3.54. The SMILES string of the molecule is CC1CNCC(C)N1C1c2ccccc2-c2ccccc21. The molecule has 0 amide bonds. The lowest BCUT2D eigenvalue weighted by molar-refractivity contribution is 0.0854. The molecule has 0 aromatic heterocycles. The Morgan fingerprint density at radius 1 is 0.810 bits per heavy atom. The number of benzene rings is 2. The fourth-order valence-corrected chi connectivity index (χ4v) is 4.11. The summed E-state index contributed by atoms with van der Waals surface area (Å²) in [4.78, 5) is 2.70. The van der Waals surface area contributed by atoms with Gasteiger partial charge in [0.2, 0.25) is 0 Å². The topological polar surface area (TPSA) is 15.3 Å². The van der Waals surface area contributed by atoms with Crippen molar-refractivity contribution in [3.8, 4) is 11.1 Å². The molecule has 2 nitrogen and oxygen atoms in total. The zero-order chi connectivity index (χ0) is 14.4. The van der Waals surface area contributed by atoms with Gasteiger partial charge in [0.15, 0.2) is 0 Å². The number of hydrogen-bond donors (Lipinski definition) is 1. The van der Waals surface area contributed by atoms with E-state index in [0.29, 0.717) is 18.1 Å². The summed E-state index contributed by atoms with van der Waals surface area (Å²) in [5.74, 6) is 0. The Bertz CT molecular complexity index is 609. The quantitative estimate of drug-likeness (QED) is 0.859. The van der Waals surface area contributed by atoms with Gasteiger partial charge in [-0.05, 0) is 36.1 Å². The van der Waals surface area contributed by atoms with Gasteiger partial charge in [0.25, 0.3) is 0 Å². The zero-order valence-electron chi connectivity index (χ0n) is 12.7. The van der Waals surface area contributed by atoms with E-state index < -0.39 is 0 Å². The van der Waals surface area contributed by atoms with Crippen molar-refractivity contribution in [1.82, 2.24) is 10.2 Å². The monoisotopic (exact) mass is 278 g/mol. The molecule has 21 heavy (non-hydrogen) atoms. The Hall–Kier alpha value is -1.64. The van der Waals surface area contributed by atoms with Crippen LogP contribution in [0, 0.1) is 0 Å². The first-order valence-electron chi connectivity index (χ1n) is 7.93. The molecule has 108 valence electrons. The van der Waals surface area contributed by atoms with Gasteiger partial charge in [-0.15, -0.1) is 0 Å². The molecule has 2 unspecified atom stereocenters. The minimum Gasteiger partial charge on any atom is -0.314 e. The van der Waals surface area contributed by atoms with Crippen LogP contribution in [0.4, 0.5) is 0 Å². The van der Waals surface area contributed by atoms with Gasteiger partial charge in [-0.3, -0.25) is 4.90 Å². The van der Waals surface area contributed by atoms with E-state index in [0.717, 1.165) is 13.1 Å². The van der Waals surface area contributed by atoms with Crippen molar-refractivity contribution in [2.24, 2.45) is 0 Å². The number of piperazine rings is 1. The van der Waals surface area contributed by atoms with Gasteiger partial charge in [-0.1, -0.05) is 48.5 Å². The molecule has 2 atom stereocenters. The molecule has 4 rings (SSSR count). The van der Waals surface area contributed by atoms with Crippen LogP contribution in [0.1, 0.15) is 31.0 Å². The van der Waals surface area contributed by atoms with Gasteiger partial charge in [0.05, 0.1) is 6.04 Å². The first-order valence-corrected chi connectivity index (χ1v) is 7.93. The molecule has 2 aromatic rings. The van der Waals surface area contributed by atoms with Crippen LogP contribution in [0.5, 0.6) is 0 Å². The highest BCUT2D eigenvalue weighted by atomic mass is 15.3. The molecular weight excluding hydrogens is 256 g/mol. The largest absolute Gasteiger partial charge is 0.314 e. The summed E-state index contributed by atoms with van der Waals surface area (Å²) in [6.45, 7) is 6.83. The number of nitrogens with one attached hydrogen (secondary N) is 1. The molecule has 2 aliphatic rings. The van der Waals surface area contributed by atoms with Crippen molar-refractivity contribution in [1.29, 1.82) is 0 Å². The van der Waals surface area contributed by atoms with Crippen LogP contribution in [0.25, 0.3) is 11.1 Å². The summed E-state index contributed by atoms with van der Waals surface area (Å²) in [5, 5.41) is 3.54. The number of nitrogens with zero attached hydrogens (tertiary/aromatic N) is 1. The van der Waals surface area contributed by atoms with Crippen molar-refractivity contribution >= 4 is 0 Å². The van der Waals surface area contributed by atoms with Crippen LogP contribution in [0.3, 0.4) is 0 Å². The summed E-state index contributed by atoms with van der Waals surface area (Å²) in [5.41, 5.74) is 5.77. The second-order valence-corrected chi connectivity index (χ2v) is 6.38. The van der Waals surface area contributed by atoms with E-state index in [9.17, 15) is 0 Å². The van der Waals surface area contributed by atoms with E-state index in [-0.39, 0.29) is 0 Å². The average molecular weight is 278 g/mol. The minimum atomic E-state index is 0.407.